The quantitative estimate of drug-likeness (QED) is 0.752. The monoisotopic (exact) mass is 355 g/mol. The normalized spacial score (nSPS) is 11.6. The second-order valence-corrected chi connectivity index (χ2v) is 5.55. The molecule has 124 valence electrons. The number of carboxylic acids is 1. The van der Waals surface area contributed by atoms with E-state index in [2.05, 4.69) is 10.1 Å². The maximum absolute atomic E-state index is 13.2. The van der Waals surface area contributed by atoms with Crippen molar-refractivity contribution in [2.75, 3.05) is 0 Å². The Kier molecular flexibility index (Phi) is 3.76. The van der Waals surface area contributed by atoms with Gasteiger partial charge in [-0.3, -0.25) is 0 Å². The van der Waals surface area contributed by atoms with Crippen LogP contribution in [0.15, 0.2) is 35.8 Å². The fourth-order valence-corrected chi connectivity index (χ4v) is 2.87. The smallest absolute Gasteiger partial charge is 0.434 e. The average Bonchev–Trinajstić information content (AvgIpc) is 3.13. The molecule has 3 aromatic rings. The SMILES string of the molecule is O=C(O)c1cnn(-c2cccc(-c3sccc3O)n2)c1C(F)(F)F. The van der Waals surface area contributed by atoms with E-state index in [4.69, 9.17) is 5.11 Å². The van der Waals surface area contributed by atoms with E-state index in [1.54, 1.807) is 5.38 Å². The van der Waals surface area contributed by atoms with Crippen molar-refractivity contribution in [1.82, 2.24) is 14.8 Å². The Morgan fingerprint density at radius 2 is 2.00 bits per heavy atom. The van der Waals surface area contributed by atoms with E-state index in [1.807, 2.05) is 0 Å². The molecule has 3 rings (SSSR count). The summed E-state index contributed by atoms with van der Waals surface area (Å²) in [4.78, 5) is 15.4. The number of hydrogen-bond donors (Lipinski definition) is 2. The molecule has 2 N–H and O–H groups in total. The third-order valence-corrected chi connectivity index (χ3v) is 4.02. The first-order valence-electron chi connectivity index (χ1n) is 6.42. The Bertz CT molecular complexity index is 917. The Morgan fingerprint density at radius 3 is 2.58 bits per heavy atom. The van der Waals surface area contributed by atoms with Crippen molar-refractivity contribution >= 4 is 17.3 Å². The largest absolute Gasteiger partial charge is 0.506 e. The summed E-state index contributed by atoms with van der Waals surface area (Å²) in [6.45, 7) is 0. The van der Waals surface area contributed by atoms with Gasteiger partial charge in [-0.2, -0.15) is 18.3 Å². The number of aromatic nitrogens is 3. The molecule has 0 aromatic carbocycles. The van der Waals surface area contributed by atoms with Crippen LogP contribution in [0.25, 0.3) is 16.4 Å². The van der Waals surface area contributed by atoms with Gasteiger partial charge in [0.2, 0.25) is 0 Å². The molecule has 0 saturated heterocycles. The van der Waals surface area contributed by atoms with Gasteiger partial charge in [-0.25, -0.2) is 14.5 Å². The van der Waals surface area contributed by atoms with Crippen LogP contribution < -0.4 is 0 Å². The Hall–Kier alpha value is -2.88. The van der Waals surface area contributed by atoms with E-state index < -0.39 is 23.4 Å². The summed E-state index contributed by atoms with van der Waals surface area (Å²) in [5, 5.41) is 23.8. The molecule has 0 aliphatic carbocycles. The molecule has 0 fully saturated rings. The van der Waals surface area contributed by atoms with Crippen LogP contribution in [-0.2, 0) is 6.18 Å². The molecular formula is C14H8F3N3O3S. The molecule has 0 aliphatic heterocycles. The number of aromatic hydroxyl groups is 1. The van der Waals surface area contributed by atoms with Crippen molar-refractivity contribution in [2.24, 2.45) is 0 Å². The second-order valence-electron chi connectivity index (χ2n) is 4.64. The summed E-state index contributed by atoms with van der Waals surface area (Å²) in [5.74, 6) is -1.99. The predicted octanol–water partition coefficient (Wildman–Crippen LogP) is 3.42. The average molecular weight is 355 g/mol. The lowest BCUT2D eigenvalue weighted by atomic mass is 10.2. The Balaban J connectivity index is 2.17. The zero-order valence-corrected chi connectivity index (χ0v) is 12.5. The number of alkyl halides is 3. The first-order valence-corrected chi connectivity index (χ1v) is 7.30. The fourth-order valence-electron chi connectivity index (χ4n) is 2.11. The van der Waals surface area contributed by atoms with E-state index >= 15 is 0 Å². The summed E-state index contributed by atoms with van der Waals surface area (Å²) in [7, 11) is 0. The summed E-state index contributed by atoms with van der Waals surface area (Å²) < 4.78 is 40.1. The Labute approximate surface area is 136 Å². The highest BCUT2D eigenvalue weighted by atomic mass is 32.1. The maximum atomic E-state index is 13.2. The van der Waals surface area contributed by atoms with Crippen LogP contribution in [0.3, 0.4) is 0 Å². The summed E-state index contributed by atoms with van der Waals surface area (Å²) in [6.07, 6.45) is -4.30. The van der Waals surface area contributed by atoms with Crippen LogP contribution in [0.1, 0.15) is 16.1 Å². The predicted molar refractivity (Wildman–Crippen MR) is 78.3 cm³/mol. The molecular weight excluding hydrogens is 347 g/mol. The number of carboxylic acid groups (broad SMARTS) is 1. The molecule has 10 heteroatoms. The van der Waals surface area contributed by atoms with Gasteiger partial charge in [-0.15, -0.1) is 11.3 Å². The van der Waals surface area contributed by atoms with E-state index in [0.29, 0.717) is 15.8 Å². The Morgan fingerprint density at radius 1 is 1.25 bits per heavy atom. The maximum Gasteiger partial charge on any atom is 0.434 e. The number of rotatable bonds is 3. The number of pyridine rings is 1. The lowest BCUT2D eigenvalue weighted by Crippen LogP contribution is -2.18. The van der Waals surface area contributed by atoms with E-state index in [-0.39, 0.29) is 17.3 Å². The van der Waals surface area contributed by atoms with Gasteiger partial charge in [-0.1, -0.05) is 6.07 Å². The minimum Gasteiger partial charge on any atom is -0.506 e. The first-order chi connectivity index (χ1) is 11.3. The van der Waals surface area contributed by atoms with Crippen molar-refractivity contribution in [1.29, 1.82) is 0 Å². The van der Waals surface area contributed by atoms with Crippen molar-refractivity contribution in [3.05, 3.63) is 47.1 Å². The molecule has 0 amide bonds. The molecule has 3 aromatic heterocycles. The molecule has 0 spiro atoms. The third-order valence-electron chi connectivity index (χ3n) is 3.10. The van der Waals surface area contributed by atoms with Crippen molar-refractivity contribution in [3.63, 3.8) is 0 Å². The van der Waals surface area contributed by atoms with Crippen molar-refractivity contribution < 1.29 is 28.2 Å². The number of aromatic carboxylic acids is 1. The number of carbonyl (C=O) groups is 1. The standard InChI is InChI=1S/C14H8F3N3O3S/c15-14(16,17)12-7(13(22)23)6-18-20(12)10-3-1-2-8(19-10)11-9(21)4-5-24-11/h1-6,21H,(H,22,23). The van der Waals surface area contributed by atoms with Gasteiger partial charge < -0.3 is 10.2 Å². The van der Waals surface area contributed by atoms with Crippen molar-refractivity contribution in [2.45, 2.75) is 6.18 Å². The van der Waals surface area contributed by atoms with Crippen molar-refractivity contribution in [3.8, 4) is 22.1 Å². The molecule has 0 aliphatic rings. The highest BCUT2D eigenvalue weighted by Gasteiger charge is 2.41. The molecule has 3 heterocycles. The van der Waals surface area contributed by atoms with Gasteiger partial charge in [0.25, 0.3) is 0 Å². The topological polar surface area (TPSA) is 88.2 Å². The number of nitrogens with zero attached hydrogens (tertiary/aromatic N) is 3. The van der Waals surface area contributed by atoms with Crippen LogP contribution in [-0.4, -0.2) is 30.9 Å². The zero-order valence-electron chi connectivity index (χ0n) is 11.7. The van der Waals surface area contributed by atoms with Crippen LogP contribution in [0.5, 0.6) is 5.75 Å². The summed E-state index contributed by atoms with van der Waals surface area (Å²) >= 11 is 1.17. The van der Waals surface area contributed by atoms with Gasteiger partial charge in [0, 0.05) is 0 Å². The van der Waals surface area contributed by atoms with Crippen LogP contribution in [0.2, 0.25) is 0 Å². The van der Waals surface area contributed by atoms with Gasteiger partial charge in [0.05, 0.1) is 16.8 Å². The lowest BCUT2D eigenvalue weighted by molar-refractivity contribution is -0.143. The molecule has 0 saturated carbocycles. The number of halogens is 3. The molecule has 24 heavy (non-hydrogen) atoms. The molecule has 0 atom stereocenters. The zero-order chi connectivity index (χ0) is 17.5. The molecule has 0 unspecified atom stereocenters. The van der Waals surface area contributed by atoms with Crippen LogP contribution in [0.4, 0.5) is 13.2 Å². The third kappa shape index (κ3) is 2.71. The highest BCUT2D eigenvalue weighted by molar-refractivity contribution is 7.13. The van der Waals surface area contributed by atoms with Gasteiger partial charge in [0.1, 0.15) is 11.3 Å². The molecule has 0 bridgehead atoms. The van der Waals surface area contributed by atoms with E-state index in [0.717, 1.165) is 0 Å². The first kappa shape index (κ1) is 16.0. The minimum atomic E-state index is -4.92. The van der Waals surface area contributed by atoms with Gasteiger partial charge >= 0.3 is 12.1 Å². The van der Waals surface area contributed by atoms with Crippen LogP contribution in [0, 0.1) is 0 Å². The summed E-state index contributed by atoms with van der Waals surface area (Å²) in [6, 6.07) is 5.66. The van der Waals surface area contributed by atoms with Gasteiger partial charge in [-0.05, 0) is 23.6 Å². The number of hydrogen-bond acceptors (Lipinski definition) is 5. The van der Waals surface area contributed by atoms with E-state index in [1.165, 1.54) is 35.6 Å². The molecule has 6 nitrogen and oxygen atoms in total. The fraction of sp³-hybridized carbons (Fsp3) is 0.0714. The minimum absolute atomic E-state index is 0.0487. The second kappa shape index (κ2) is 5.64. The van der Waals surface area contributed by atoms with Crippen LogP contribution >= 0.6 is 11.3 Å². The van der Waals surface area contributed by atoms with E-state index in [9.17, 15) is 23.1 Å². The lowest BCUT2D eigenvalue weighted by Gasteiger charge is -2.11. The summed E-state index contributed by atoms with van der Waals surface area (Å²) in [5.41, 5.74) is -2.13. The highest BCUT2D eigenvalue weighted by Crippen LogP contribution is 2.35. The number of thiophene rings is 1. The van der Waals surface area contributed by atoms with Gasteiger partial charge in [0.15, 0.2) is 11.5 Å². The molecule has 0 radical (unpaired) electrons.